The van der Waals surface area contributed by atoms with Gasteiger partial charge in [-0.15, -0.1) is 0 Å². The van der Waals surface area contributed by atoms with Gasteiger partial charge in [0.05, 0.1) is 12.2 Å². The van der Waals surface area contributed by atoms with Gasteiger partial charge in [0.2, 0.25) is 22.7 Å². The van der Waals surface area contributed by atoms with Crippen LogP contribution in [0.3, 0.4) is 0 Å². The zero-order valence-electron chi connectivity index (χ0n) is 15.9. The predicted molar refractivity (Wildman–Crippen MR) is 108 cm³/mol. The van der Waals surface area contributed by atoms with Crippen LogP contribution in [0.25, 0.3) is 6.08 Å². The molecule has 0 saturated carbocycles. The summed E-state index contributed by atoms with van der Waals surface area (Å²) in [5.41, 5.74) is 1.20. The lowest BCUT2D eigenvalue weighted by Crippen LogP contribution is -2.34. The molecule has 0 atom stereocenters. The molecular formula is C20H20N2O6S. The van der Waals surface area contributed by atoms with Gasteiger partial charge in [-0.25, -0.2) is 8.42 Å². The molecule has 0 aliphatic carbocycles. The maximum absolute atomic E-state index is 12.4. The van der Waals surface area contributed by atoms with Gasteiger partial charge < -0.3 is 14.8 Å². The number of amides is 1. The predicted octanol–water partition coefficient (Wildman–Crippen LogP) is 2.49. The highest BCUT2D eigenvalue weighted by Crippen LogP contribution is 2.37. The number of hydrogen-bond donors (Lipinski definition) is 1. The van der Waals surface area contributed by atoms with Crippen LogP contribution in [0.15, 0.2) is 47.9 Å². The number of ether oxygens (including phenoxy) is 2. The standard InChI is InChI=1S/C20H20N2O6S/c1-14(23)16-10-18-19(28-13-27-18)11-17(16)21-20(24)12-22(2)29(25,26)9-8-15-6-4-3-5-7-15/h3-11H,12-13H2,1-2H3,(H,21,24)/b9-8+. The first kappa shape index (κ1) is 20.6. The van der Waals surface area contributed by atoms with Crippen LogP contribution in [-0.4, -0.2) is 44.8 Å². The summed E-state index contributed by atoms with van der Waals surface area (Å²) in [5.74, 6) is -0.0491. The highest BCUT2D eigenvalue weighted by molar-refractivity contribution is 7.92. The van der Waals surface area contributed by atoms with Crippen LogP contribution in [0.5, 0.6) is 11.5 Å². The van der Waals surface area contributed by atoms with Gasteiger partial charge in [0.1, 0.15) is 0 Å². The van der Waals surface area contributed by atoms with Crippen molar-refractivity contribution in [1.29, 1.82) is 0 Å². The molecule has 0 bridgehead atoms. The topological polar surface area (TPSA) is 102 Å². The maximum Gasteiger partial charge on any atom is 0.239 e. The summed E-state index contributed by atoms with van der Waals surface area (Å²) in [6, 6.07) is 11.9. The van der Waals surface area contributed by atoms with E-state index in [1.54, 1.807) is 24.3 Å². The van der Waals surface area contributed by atoms with E-state index in [0.717, 1.165) is 15.3 Å². The van der Waals surface area contributed by atoms with Gasteiger partial charge in [0, 0.05) is 24.1 Å². The molecule has 3 rings (SSSR count). The fourth-order valence-electron chi connectivity index (χ4n) is 2.65. The second kappa shape index (κ2) is 8.46. The summed E-state index contributed by atoms with van der Waals surface area (Å²) in [4.78, 5) is 24.3. The van der Waals surface area contributed by atoms with Crippen LogP contribution in [0.1, 0.15) is 22.8 Å². The smallest absolute Gasteiger partial charge is 0.239 e. The Hall–Kier alpha value is -3.17. The number of rotatable bonds is 7. The van der Waals surface area contributed by atoms with Gasteiger partial charge in [-0.1, -0.05) is 30.3 Å². The van der Waals surface area contributed by atoms with Crippen molar-refractivity contribution in [1.82, 2.24) is 4.31 Å². The van der Waals surface area contributed by atoms with E-state index in [4.69, 9.17) is 9.47 Å². The molecule has 1 N–H and O–H groups in total. The first-order valence-corrected chi connectivity index (χ1v) is 10.2. The minimum atomic E-state index is -3.80. The Morgan fingerprint density at radius 3 is 2.45 bits per heavy atom. The van der Waals surface area contributed by atoms with Crippen molar-refractivity contribution in [2.45, 2.75) is 6.92 Å². The van der Waals surface area contributed by atoms with Gasteiger partial charge in [-0.2, -0.15) is 4.31 Å². The van der Waals surface area contributed by atoms with Gasteiger partial charge in [-0.3, -0.25) is 9.59 Å². The first-order valence-electron chi connectivity index (χ1n) is 8.70. The van der Waals surface area contributed by atoms with Crippen LogP contribution >= 0.6 is 0 Å². The molecule has 8 nitrogen and oxygen atoms in total. The normalized spacial score (nSPS) is 13.1. The third kappa shape index (κ3) is 5.01. The average Bonchev–Trinajstić information content (AvgIpc) is 3.13. The molecule has 2 aromatic rings. The minimum Gasteiger partial charge on any atom is -0.454 e. The lowest BCUT2D eigenvalue weighted by Gasteiger charge is -2.15. The number of likely N-dealkylation sites (N-methyl/N-ethyl adjacent to an activating group) is 1. The number of nitrogens with zero attached hydrogens (tertiary/aromatic N) is 1. The number of Topliss-reactive ketones (excluding diaryl/α,β-unsaturated/α-hetero) is 1. The fourth-order valence-corrected chi connectivity index (χ4v) is 3.49. The van der Waals surface area contributed by atoms with Crippen LogP contribution < -0.4 is 14.8 Å². The van der Waals surface area contributed by atoms with Crippen LogP contribution in [-0.2, 0) is 14.8 Å². The van der Waals surface area contributed by atoms with E-state index in [2.05, 4.69) is 5.32 Å². The molecule has 2 aromatic carbocycles. The van der Waals surface area contributed by atoms with Crippen LogP contribution in [0.2, 0.25) is 0 Å². The summed E-state index contributed by atoms with van der Waals surface area (Å²) in [7, 11) is -2.50. The molecule has 9 heteroatoms. The van der Waals surface area contributed by atoms with Crippen LogP contribution in [0.4, 0.5) is 5.69 Å². The quantitative estimate of drug-likeness (QED) is 0.696. The van der Waals surface area contributed by atoms with E-state index < -0.39 is 22.5 Å². The number of nitrogens with one attached hydrogen (secondary N) is 1. The second-order valence-corrected chi connectivity index (χ2v) is 8.30. The molecule has 1 aliphatic heterocycles. The molecule has 1 amide bonds. The molecule has 152 valence electrons. The second-order valence-electron chi connectivity index (χ2n) is 6.37. The molecule has 0 aromatic heterocycles. The Morgan fingerprint density at radius 1 is 1.14 bits per heavy atom. The van der Waals surface area contributed by atoms with E-state index in [9.17, 15) is 18.0 Å². The number of benzene rings is 2. The maximum atomic E-state index is 12.4. The molecule has 0 spiro atoms. The highest BCUT2D eigenvalue weighted by Gasteiger charge is 2.22. The van der Waals surface area contributed by atoms with Gasteiger partial charge in [-0.05, 0) is 24.6 Å². The number of fused-ring (bicyclic) bond motifs is 1. The number of hydrogen-bond acceptors (Lipinski definition) is 6. The van der Waals surface area contributed by atoms with E-state index in [1.807, 2.05) is 6.07 Å². The molecular weight excluding hydrogens is 396 g/mol. The Labute approximate surface area is 168 Å². The third-order valence-corrected chi connectivity index (χ3v) is 5.68. The molecule has 0 unspecified atom stereocenters. The number of carbonyl (C=O) groups excluding carboxylic acids is 2. The molecule has 0 fully saturated rings. The number of anilines is 1. The SMILES string of the molecule is CC(=O)c1cc2c(cc1NC(=O)CN(C)S(=O)(=O)/C=C/c1ccccc1)OCO2. The molecule has 29 heavy (non-hydrogen) atoms. The zero-order valence-corrected chi connectivity index (χ0v) is 16.7. The van der Waals surface area contributed by atoms with Crippen molar-refractivity contribution in [3.63, 3.8) is 0 Å². The Morgan fingerprint density at radius 2 is 1.79 bits per heavy atom. The Kier molecular flexibility index (Phi) is 6.00. The lowest BCUT2D eigenvalue weighted by molar-refractivity contribution is -0.116. The van der Waals surface area contributed by atoms with E-state index in [0.29, 0.717) is 11.5 Å². The number of ketones is 1. The van der Waals surface area contributed by atoms with Crippen molar-refractivity contribution in [3.8, 4) is 11.5 Å². The van der Waals surface area contributed by atoms with Crippen molar-refractivity contribution in [2.24, 2.45) is 0 Å². The zero-order chi connectivity index (χ0) is 21.0. The molecule has 0 saturated heterocycles. The summed E-state index contributed by atoms with van der Waals surface area (Å²) < 4.78 is 36.2. The van der Waals surface area contributed by atoms with E-state index >= 15 is 0 Å². The molecule has 0 radical (unpaired) electrons. The average molecular weight is 416 g/mol. The van der Waals surface area contributed by atoms with Crippen molar-refractivity contribution >= 4 is 33.5 Å². The monoisotopic (exact) mass is 416 g/mol. The van der Waals surface area contributed by atoms with Gasteiger partial charge in [0.15, 0.2) is 17.3 Å². The first-order chi connectivity index (χ1) is 13.8. The summed E-state index contributed by atoms with van der Waals surface area (Å²) in [6.07, 6.45) is 1.45. The summed E-state index contributed by atoms with van der Waals surface area (Å²) in [5, 5.41) is 3.61. The highest BCUT2D eigenvalue weighted by atomic mass is 32.2. The third-order valence-electron chi connectivity index (χ3n) is 4.20. The lowest BCUT2D eigenvalue weighted by atomic mass is 10.1. The molecule has 1 heterocycles. The molecule has 1 aliphatic rings. The van der Waals surface area contributed by atoms with E-state index in [1.165, 1.54) is 32.2 Å². The van der Waals surface area contributed by atoms with Gasteiger partial charge >= 0.3 is 0 Å². The largest absolute Gasteiger partial charge is 0.454 e. The number of sulfonamides is 1. The van der Waals surface area contributed by atoms with Crippen molar-refractivity contribution in [3.05, 3.63) is 59.0 Å². The summed E-state index contributed by atoms with van der Waals surface area (Å²) in [6.45, 7) is 0.963. The Bertz CT molecular complexity index is 1060. The Balaban J connectivity index is 1.70. The van der Waals surface area contributed by atoms with E-state index in [-0.39, 0.29) is 23.8 Å². The minimum absolute atomic E-state index is 0.0266. The summed E-state index contributed by atoms with van der Waals surface area (Å²) >= 11 is 0. The van der Waals surface area contributed by atoms with Crippen molar-refractivity contribution in [2.75, 3.05) is 25.7 Å². The van der Waals surface area contributed by atoms with Crippen LogP contribution in [0, 0.1) is 0 Å². The number of carbonyl (C=O) groups is 2. The van der Waals surface area contributed by atoms with Gasteiger partial charge in [0.25, 0.3) is 0 Å². The fraction of sp³-hybridized carbons (Fsp3) is 0.200. The van der Waals surface area contributed by atoms with Crippen molar-refractivity contribution < 1.29 is 27.5 Å².